The van der Waals surface area contributed by atoms with E-state index in [0.717, 1.165) is 17.0 Å². The molecule has 120 valence electrons. The average molecular weight is 325 g/mol. The molecule has 0 aliphatic rings. The minimum Gasteiger partial charge on any atom is -0.507 e. The van der Waals surface area contributed by atoms with E-state index < -0.39 is 16.5 Å². The van der Waals surface area contributed by atoms with Crippen molar-refractivity contribution in [3.8, 4) is 5.75 Å². The normalized spacial score (nSPS) is 11.0. The van der Waals surface area contributed by atoms with Crippen molar-refractivity contribution in [1.29, 1.82) is 0 Å². The molecule has 1 amide bonds. The van der Waals surface area contributed by atoms with Crippen LogP contribution < -0.4 is 5.43 Å². The van der Waals surface area contributed by atoms with Gasteiger partial charge < -0.3 is 5.11 Å². The van der Waals surface area contributed by atoms with E-state index in [0.29, 0.717) is 5.56 Å². The predicted octanol–water partition coefficient (Wildman–Crippen LogP) is 1.94. The van der Waals surface area contributed by atoms with Gasteiger partial charge in [-0.2, -0.15) is 10.2 Å². The number of amides is 1. The summed E-state index contributed by atoms with van der Waals surface area (Å²) in [6, 6.07) is 10.6. The summed E-state index contributed by atoms with van der Waals surface area (Å²) in [4.78, 5) is 22.0. The summed E-state index contributed by atoms with van der Waals surface area (Å²) in [5.41, 5.74) is 1.83. The first-order chi connectivity index (χ1) is 11.6. The van der Waals surface area contributed by atoms with Crippen molar-refractivity contribution < 1.29 is 14.8 Å². The first kappa shape index (κ1) is 15.2. The molecule has 9 heteroatoms. The topological polar surface area (TPSA) is 134 Å². The average Bonchev–Trinajstić information content (AvgIpc) is 3.07. The Hall–Kier alpha value is -3.75. The number of fused-ring (bicyclic) bond motifs is 1. The predicted molar refractivity (Wildman–Crippen MR) is 85.9 cm³/mol. The van der Waals surface area contributed by atoms with Crippen LogP contribution in [-0.2, 0) is 0 Å². The van der Waals surface area contributed by atoms with E-state index in [1.807, 2.05) is 18.2 Å². The van der Waals surface area contributed by atoms with Gasteiger partial charge in [0.25, 0.3) is 5.91 Å². The van der Waals surface area contributed by atoms with Gasteiger partial charge in [-0.05, 0) is 16.8 Å². The van der Waals surface area contributed by atoms with Crippen LogP contribution in [0.1, 0.15) is 16.1 Å². The quantitative estimate of drug-likeness (QED) is 0.383. The minimum atomic E-state index is -0.810. The van der Waals surface area contributed by atoms with E-state index in [9.17, 15) is 20.0 Å². The fraction of sp³-hybridized carbons (Fsp3) is 0. The maximum atomic E-state index is 11.9. The van der Waals surface area contributed by atoms with E-state index in [4.69, 9.17) is 0 Å². The number of benzene rings is 2. The number of hydrogen-bond donors (Lipinski definition) is 3. The number of hydrazone groups is 1. The van der Waals surface area contributed by atoms with Gasteiger partial charge in [0.2, 0.25) is 5.69 Å². The maximum absolute atomic E-state index is 11.9. The van der Waals surface area contributed by atoms with Crippen molar-refractivity contribution in [2.75, 3.05) is 0 Å². The van der Waals surface area contributed by atoms with E-state index in [1.165, 1.54) is 12.3 Å². The van der Waals surface area contributed by atoms with Gasteiger partial charge in [0.1, 0.15) is 11.9 Å². The Balaban J connectivity index is 1.85. The number of H-pyrrole nitrogens is 1. The molecule has 9 nitrogen and oxygen atoms in total. The summed E-state index contributed by atoms with van der Waals surface area (Å²) in [6.45, 7) is 0. The van der Waals surface area contributed by atoms with E-state index in [-0.39, 0.29) is 11.4 Å². The summed E-state index contributed by atoms with van der Waals surface area (Å²) >= 11 is 0. The van der Waals surface area contributed by atoms with Crippen LogP contribution in [0.3, 0.4) is 0 Å². The number of aromatic nitrogens is 2. The Morgan fingerprint density at radius 2 is 2.12 bits per heavy atom. The lowest BCUT2D eigenvalue weighted by Crippen LogP contribution is -2.19. The van der Waals surface area contributed by atoms with Crippen molar-refractivity contribution in [3.05, 3.63) is 64.0 Å². The second kappa shape index (κ2) is 6.16. The molecule has 0 saturated heterocycles. The van der Waals surface area contributed by atoms with Gasteiger partial charge in [-0.25, -0.2) is 5.43 Å². The molecule has 3 N–H and O–H groups in total. The smallest absolute Gasteiger partial charge is 0.319 e. The standard InChI is InChI=1S/C15H11N5O4/c21-13-6-5-9-3-1-2-4-10(9)11(13)7-16-19-15(22)14-12(20(23)24)8-17-18-14/h1-8,21H,(H,17,18)(H,19,22). The molecule has 1 aromatic heterocycles. The second-order valence-electron chi connectivity index (χ2n) is 4.81. The first-order valence-corrected chi connectivity index (χ1v) is 6.80. The Morgan fingerprint density at radius 3 is 2.92 bits per heavy atom. The number of aromatic hydroxyl groups is 1. The summed E-state index contributed by atoms with van der Waals surface area (Å²) in [7, 11) is 0. The van der Waals surface area contributed by atoms with Crippen molar-refractivity contribution in [2.24, 2.45) is 5.10 Å². The molecule has 0 aliphatic heterocycles. The fourth-order valence-electron chi connectivity index (χ4n) is 2.22. The number of phenols is 1. The Labute approximate surface area is 134 Å². The van der Waals surface area contributed by atoms with E-state index in [2.05, 4.69) is 20.7 Å². The zero-order valence-electron chi connectivity index (χ0n) is 12.1. The SMILES string of the molecule is O=C(NN=Cc1c(O)ccc2ccccc12)c1[nH]ncc1[N+](=O)[O-]. The highest BCUT2D eigenvalue weighted by Gasteiger charge is 2.22. The number of nitro groups is 1. The lowest BCUT2D eigenvalue weighted by atomic mass is 10.0. The summed E-state index contributed by atoms with van der Waals surface area (Å²) in [5, 5.41) is 31.9. The molecule has 0 radical (unpaired) electrons. The van der Waals surface area contributed by atoms with E-state index in [1.54, 1.807) is 12.1 Å². The molecule has 1 heterocycles. The molecule has 0 atom stereocenters. The van der Waals surface area contributed by atoms with Gasteiger partial charge in [0.05, 0.1) is 11.1 Å². The van der Waals surface area contributed by atoms with Crippen LogP contribution in [0.2, 0.25) is 0 Å². The van der Waals surface area contributed by atoms with Crippen molar-refractivity contribution in [1.82, 2.24) is 15.6 Å². The molecule has 2 aromatic carbocycles. The molecule has 3 rings (SSSR count). The van der Waals surface area contributed by atoms with Gasteiger partial charge >= 0.3 is 5.69 Å². The molecule has 0 bridgehead atoms. The molecule has 24 heavy (non-hydrogen) atoms. The third-order valence-electron chi connectivity index (χ3n) is 3.35. The number of nitrogens with zero attached hydrogens (tertiary/aromatic N) is 3. The zero-order chi connectivity index (χ0) is 17.1. The third kappa shape index (κ3) is 2.77. The third-order valence-corrected chi connectivity index (χ3v) is 3.35. The number of nitrogens with one attached hydrogen (secondary N) is 2. The molecule has 0 aliphatic carbocycles. The van der Waals surface area contributed by atoms with Crippen molar-refractivity contribution in [3.63, 3.8) is 0 Å². The second-order valence-corrected chi connectivity index (χ2v) is 4.81. The number of hydrogen-bond acceptors (Lipinski definition) is 6. The van der Waals surface area contributed by atoms with Crippen LogP contribution in [0.5, 0.6) is 5.75 Å². The van der Waals surface area contributed by atoms with Crippen LogP contribution >= 0.6 is 0 Å². The van der Waals surface area contributed by atoms with Gasteiger partial charge in [0.15, 0.2) is 0 Å². The molecule has 3 aromatic rings. The number of aromatic amines is 1. The van der Waals surface area contributed by atoms with Gasteiger partial charge in [-0.15, -0.1) is 0 Å². The van der Waals surface area contributed by atoms with Crippen LogP contribution in [0.15, 0.2) is 47.7 Å². The van der Waals surface area contributed by atoms with Crippen molar-refractivity contribution in [2.45, 2.75) is 0 Å². The van der Waals surface area contributed by atoms with Gasteiger partial charge in [-0.3, -0.25) is 20.0 Å². The lowest BCUT2D eigenvalue weighted by molar-refractivity contribution is -0.385. The number of carbonyl (C=O) groups is 1. The monoisotopic (exact) mass is 325 g/mol. The van der Waals surface area contributed by atoms with Gasteiger partial charge in [-0.1, -0.05) is 30.3 Å². The van der Waals surface area contributed by atoms with E-state index >= 15 is 0 Å². The molecule has 0 spiro atoms. The Bertz CT molecular complexity index is 963. The van der Waals surface area contributed by atoms with Crippen LogP contribution in [0.25, 0.3) is 10.8 Å². The van der Waals surface area contributed by atoms with Crippen molar-refractivity contribution >= 4 is 28.6 Å². The molecule has 0 saturated carbocycles. The maximum Gasteiger partial charge on any atom is 0.319 e. The summed E-state index contributed by atoms with van der Waals surface area (Å²) in [5.74, 6) is -0.811. The molecular formula is C15H11N5O4. The molecule has 0 fully saturated rings. The number of carbonyl (C=O) groups excluding carboxylic acids is 1. The Kier molecular flexibility index (Phi) is 3.89. The lowest BCUT2D eigenvalue weighted by Gasteiger charge is -2.04. The van der Waals surface area contributed by atoms with Crippen LogP contribution in [-0.4, -0.2) is 32.3 Å². The number of phenolic OH excluding ortho intramolecular Hbond substituents is 1. The highest BCUT2D eigenvalue weighted by atomic mass is 16.6. The summed E-state index contributed by atoms with van der Waals surface area (Å²) < 4.78 is 0. The minimum absolute atomic E-state index is 0.000722. The fourth-order valence-corrected chi connectivity index (χ4v) is 2.22. The molecular weight excluding hydrogens is 314 g/mol. The summed E-state index contributed by atoms with van der Waals surface area (Å²) in [6.07, 6.45) is 2.22. The van der Waals surface area contributed by atoms with Gasteiger partial charge in [0, 0.05) is 5.56 Å². The zero-order valence-corrected chi connectivity index (χ0v) is 12.1. The van der Waals surface area contributed by atoms with Crippen LogP contribution in [0, 0.1) is 10.1 Å². The Morgan fingerprint density at radius 1 is 1.33 bits per heavy atom. The first-order valence-electron chi connectivity index (χ1n) is 6.80. The highest BCUT2D eigenvalue weighted by molar-refractivity contribution is 6.03. The largest absolute Gasteiger partial charge is 0.507 e. The number of rotatable bonds is 4. The highest BCUT2D eigenvalue weighted by Crippen LogP contribution is 2.25. The van der Waals surface area contributed by atoms with Crippen LogP contribution in [0.4, 0.5) is 5.69 Å². The molecule has 0 unspecified atom stereocenters.